The Balaban J connectivity index is 1.35. The van der Waals surface area contributed by atoms with Gasteiger partial charge in [0.2, 0.25) is 5.91 Å². The van der Waals surface area contributed by atoms with Crippen LogP contribution in [-0.2, 0) is 11.3 Å². The lowest BCUT2D eigenvalue weighted by molar-refractivity contribution is -0.132. The van der Waals surface area contributed by atoms with Crippen LogP contribution < -0.4 is 4.90 Å². The zero-order valence-electron chi connectivity index (χ0n) is 18.1. The second kappa shape index (κ2) is 9.46. The third kappa shape index (κ3) is 4.76. The van der Waals surface area contributed by atoms with Gasteiger partial charge in [-0.1, -0.05) is 60.1 Å². The molecule has 0 radical (unpaired) electrons. The molecule has 1 amide bonds. The van der Waals surface area contributed by atoms with E-state index in [1.165, 1.54) is 0 Å². The molecule has 0 bridgehead atoms. The molecule has 1 fully saturated rings. The van der Waals surface area contributed by atoms with Gasteiger partial charge in [0, 0.05) is 43.0 Å². The molecule has 1 saturated heterocycles. The summed E-state index contributed by atoms with van der Waals surface area (Å²) in [6.07, 6.45) is 1.80. The lowest BCUT2D eigenvalue weighted by Gasteiger charge is -2.35. The Bertz CT molecular complexity index is 1230. The van der Waals surface area contributed by atoms with Crippen molar-refractivity contribution in [3.8, 4) is 22.5 Å². The highest BCUT2D eigenvalue weighted by Crippen LogP contribution is 2.28. The third-order valence-corrected chi connectivity index (χ3v) is 6.10. The van der Waals surface area contributed by atoms with Gasteiger partial charge in [-0.15, -0.1) is 0 Å². The Morgan fingerprint density at radius 1 is 0.848 bits per heavy atom. The van der Waals surface area contributed by atoms with Crippen LogP contribution >= 0.6 is 11.6 Å². The monoisotopic (exact) mass is 457 g/mol. The minimum atomic E-state index is 0.0635. The van der Waals surface area contributed by atoms with E-state index in [-0.39, 0.29) is 12.5 Å². The first kappa shape index (κ1) is 21.2. The van der Waals surface area contributed by atoms with E-state index >= 15 is 0 Å². The van der Waals surface area contributed by atoms with Crippen molar-refractivity contribution in [1.82, 2.24) is 19.7 Å². The van der Waals surface area contributed by atoms with E-state index in [1.54, 1.807) is 10.9 Å². The smallest absolute Gasteiger partial charge is 0.244 e. The Labute approximate surface area is 198 Å². The molecular formula is C26H24ClN5O. The zero-order valence-corrected chi connectivity index (χ0v) is 18.9. The first-order valence-corrected chi connectivity index (χ1v) is 11.4. The maximum atomic E-state index is 13.2. The summed E-state index contributed by atoms with van der Waals surface area (Å²) in [7, 11) is 0. The van der Waals surface area contributed by atoms with E-state index in [0.29, 0.717) is 18.1 Å². The standard InChI is InChI=1S/C26H24ClN5O/c27-22-10-6-9-21(17-22)23-18-24(20-7-2-1-3-8-20)32(29-23)19-26(33)31-15-13-30(14-16-31)25-11-4-5-12-28-25/h1-12,17-18H,13-16,19H2. The average Bonchev–Trinajstić information content (AvgIpc) is 3.29. The number of carbonyl (C=O) groups is 1. The fourth-order valence-electron chi connectivity index (χ4n) is 4.12. The van der Waals surface area contributed by atoms with Crippen LogP contribution in [0.25, 0.3) is 22.5 Å². The van der Waals surface area contributed by atoms with Crippen molar-refractivity contribution in [2.24, 2.45) is 0 Å². The molecule has 2 aromatic heterocycles. The van der Waals surface area contributed by atoms with Crippen LogP contribution in [0, 0.1) is 0 Å². The molecule has 0 spiro atoms. The van der Waals surface area contributed by atoms with Crippen molar-refractivity contribution in [3.05, 3.63) is 90.1 Å². The van der Waals surface area contributed by atoms with Crippen molar-refractivity contribution < 1.29 is 4.79 Å². The number of carbonyl (C=O) groups excluding carboxylic acids is 1. The van der Waals surface area contributed by atoms with Gasteiger partial charge in [-0.25, -0.2) is 4.98 Å². The van der Waals surface area contributed by atoms with Gasteiger partial charge in [0.1, 0.15) is 12.4 Å². The summed E-state index contributed by atoms with van der Waals surface area (Å²) in [5.74, 6) is 1.02. The lowest BCUT2D eigenvalue weighted by atomic mass is 10.1. The minimum absolute atomic E-state index is 0.0635. The van der Waals surface area contributed by atoms with Crippen LogP contribution in [0.1, 0.15) is 0 Å². The Morgan fingerprint density at radius 3 is 2.33 bits per heavy atom. The molecule has 0 N–H and O–H groups in total. The normalized spacial score (nSPS) is 13.8. The van der Waals surface area contributed by atoms with Crippen LogP contribution in [0.4, 0.5) is 5.82 Å². The maximum absolute atomic E-state index is 13.2. The number of pyridine rings is 1. The molecule has 5 rings (SSSR count). The van der Waals surface area contributed by atoms with Crippen molar-refractivity contribution in [2.75, 3.05) is 31.1 Å². The Hall–Kier alpha value is -3.64. The molecule has 6 nitrogen and oxygen atoms in total. The number of aromatic nitrogens is 3. The van der Waals surface area contributed by atoms with Crippen LogP contribution in [0.2, 0.25) is 5.02 Å². The molecule has 1 aliphatic heterocycles. The summed E-state index contributed by atoms with van der Waals surface area (Å²) >= 11 is 6.20. The number of halogens is 1. The summed E-state index contributed by atoms with van der Waals surface area (Å²) in [4.78, 5) is 21.8. The Morgan fingerprint density at radius 2 is 1.61 bits per heavy atom. The molecule has 1 aliphatic rings. The van der Waals surface area contributed by atoms with Crippen molar-refractivity contribution in [2.45, 2.75) is 6.54 Å². The number of nitrogens with zero attached hydrogens (tertiary/aromatic N) is 5. The summed E-state index contributed by atoms with van der Waals surface area (Å²) in [5, 5.41) is 5.44. The topological polar surface area (TPSA) is 54.3 Å². The summed E-state index contributed by atoms with van der Waals surface area (Å²) in [5.41, 5.74) is 3.65. The lowest BCUT2D eigenvalue weighted by Crippen LogP contribution is -2.49. The summed E-state index contributed by atoms with van der Waals surface area (Å²) < 4.78 is 1.80. The van der Waals surface area contributed by atoms with Crippen molar-refractivity contribution >= 4 is 23.3 Å². The molecule has 166 valence electrons. The van der Waals surface area contributed by atoms with E-state index in [9.17, 15) is 4.79 Å². The van der Waals surface area contributed by atoms with E-state index < -0.39 is 0 Å². The van der Waals surface area contributed by atoms with Crippen LogP contribution in [-0.4, -0.2) is 51.8 Å². The van der Waals surface area contributed by atoms with Gasteiger partial charge in [-0.2, -0.15) is 5.10 Å². The van der Waals surface area contributed by atoms with Crippen LogP contribution in [0.3, 0.4) is 0 Å². The Kier molecular flexibility index (Phi) is 6.09. The molecule has 33 heavy (non-hydrogen) atoms. The van der Waals surface area contributed by atoms with Crippen LogP contribution in [0.15, 0.2) is 85.1 Å². The molecule has 3 heterocycles. The van der Waals surface area contributed by atoms with Gasteiger partial charge >= 0.3 is 0 Å². The first-order valence-electron chi connectivity index (χ1n) is 11.0. The van der Waals surface area contributed by atoms with Gasteiger partial charge in [-0.05, 0) is 35.9 Å². The molecular weight excluding hydrogens is 434 g/mol. The van der Waals surface area contributed by atoms with E-state index in [4.69, 9.17) is 16.7 Å². The SMILES string of the molecule is O=C(Cn1nc(-c2cccc(Cl)c2)cc1-c1ccccc1)N1CCN(c2ccccn2)CC1. The summed E-state index contributed by atoms with van der Waals surface area (Å²) in [6.45, 7) is 3.05. The number of rotatable bonds is 5. The largest absolute Gasteiger partial charge is 0.353 e. The minimum Gasteiger partial charge on any atom is -0.353 e. The second-order valence-electron chi connectivity index (χ2n) is 8.00. The second-order valence-corrected chi connectivity index (χ2v) is 8.44. The molecule has 0 unspecified atom stereocenters. The maximum Gasteiger partial charge on any atom is 0.244 e. The third-order valence-electron chi connectivity index (χ3n) is 5.86. The highest BCUT2D eigenvalue weighted by atomic mass is 35.5. The number of benzene rings is 2. The fourth-order valence-corrected chi connectivity index (χ4v) is 4.31. The van der Waals surface area contributed by atoms with E-state index in [2.05, 4.69) is 9.88 Å². The highest BCUT2D eigenvalue weighted by Gasteiger charge is 2.23. The molecule has 0 atom stereocenters. The number of hydrogen-bond donors (Lipinski definition) is 0. The predicted octanol–water partition coefficient (Wildman–Crippen LogP) is 4.61. The van der Waals surface area contributed by atoms with Gasteiger partial charge < -0.3 is 9.80 Å². The first-order chi connectivity index (χ1) is 16.2. The molecule has 2 aromatic carbocycles. The quantitative estimate of drug-likeness (QED) is 0.439. The average molecular weight is 458 g/mol. The van der Waals surface area contributed by atoms with Crippen molar-refractivity contribution in [3.63, 3.8) is 0 Å². The molecule has 0 aliphatic carbocycles. The van der Waals surface area contributed by atoms with Crippen LogP contribution in [0.5, 0.6) is 0 Å². The zero-order chi connectivity index (χ0) is 22.6. The van der Waals surface area contributed by atoms with Crippen molar-refractivity contribution in [1.29, 1.82) is 0 Å². The number of piperazine rings is 1. The van der Waals surface area contributed by atoms with E-state index in [0.717, 1.165) is 41.4 Å². The molecule has 7 heteroatoms. The molecule has 0 saturated carbocycles. The van der Waals surface area contributed by atoms with Gasteiger partial charge in [0.05, 0.1) is 11.4 Å². The number of amides is 1. The summed E-state index contributed by atoms with van der Waals surface area (Å²) in [6, 6.07) is 25.6. The highest BCUT2D eigenvalue weighted by molar-refractivity contribution is 6.30. The van der Waals surface area contributed by atoms with Gasteiger partial charge in [-0.3, -0.25) is 9.48 Å². The number of hydrogen-bond acceptors (Lipinski definition) is 4. The molecule has 4 aromatic rings. The van der Waals surface area contributed by atoms with Gasteiger partial charge in [0.25, 0.3) is 0 Å². The predicted molar refractivity (Wildman–Crippen MR) is 131 cm³/mol. The number of anilines is 1. The van der Waals surface area contributed by atoms with Gasteiger partial charge in [0.15, 0.2) is 0 Å². The fraction of sp³-hybridized carbons (Fsp3) is 0.192. The van der Waals surface area contributed by atoms with E-state index in [1.807, 2.05) is 83.8 Å².